The molecule has 0 aliphatic carbocycles. The van der Waals surface area contributed by atoms with E-state index in [0.717, 1.165) is 0 Å². The number of nitrogens with one attached hydrogen (secondary N) is 1. The van der Waals surface area contributed by atoms with Gasteiger partial charge in [-0.05, 0) is 6.92 Å². The Morgan fingerprint density at radius 3 is 2.89 bits per heavy atom. The first kappa shape index (κ1) is 8.43. The molecule has 0 atom stereocenters. The second-order valence-electron chi connectivity index (χ2n) is 1.51. The Hall–Kier alpha value is -0.570. The zero-order valence-corrected chi connectivity index (χ0v) is 5.52. The molecule has 0 heterocycles. The van der Waals surface area contributed by atoms with Crippen LogP contribution in [0.2, 0.25) is 0 Å². The van der Waals surface area contributed by atoms with Gasteiger partial charge in [0.15, 0.2) is 0 Å². The molecule has 0 bridgehead atoms. The Kier molecular flexibility index (Phi) is 5.21. The van der Waals surface area contributed by atoms with Crippen LogP contribution in [0.25, 0.3) is 0 Å². The maximum absolute atomic E-state index is 10.5. The van der Waals surface area contributed by atoms with Gasteiger partial charge in [0.1, 0.15) is 0 Å². The van der Waals surface area contributed by atoms with Crippen molar-refractivity contribution in [3.63, 3.8) is 0 Å². The van der Waals surface area contributed by atoms with Crippen LogP contribution in [0.1, 0.15) is 13.3 Å². The van der Waals surface area contributed by atoms with Crippen molar-refractivity contribution in [1.82, 2.24) is 5.32 Å². The number of esters is 1. The van der Waals surface area contributed by atoms with Gasteiger partial charge in [0.05, 0.1) is 13.0 Å². The van der Waals surface area contributed by atoms with E-state index in [1.165, 1.54) is 0 Å². The normalized spacial score (nSPS) is 9.11. The first-order valence-corrected chi connectivity index (χ1v) is 2.90. The zero-order chi connectivity index (χ0) is 7.11. The minimum Gasteiger partial charge on any atom is -0.466 e. The molecule has 0 spiro atoms. The highest BCUT2D eigenvalue weighted by atomic mass is 16.5. The summed E-state index contributed by atoms with van der Waals surface area (Å²) in [5.74, 6) is -0.213. The fraction of sp³-hybridized carbons (Fsp3) is 0.667. The van der Waals surface area contributed by atoms with Crippen molar-refractivity contribution >= 4 is 5.97 Å². The predicted molar refractivity (Wildman–Crippen MR) is 33.6 cm³/mol. The van der Waals surface area contributed by atoms with Gasteiger partial charge >= 0.3 is 5.97 Å². The lowest BCUT2D eigenvalue weighted by Gasteiger charge is -1.98. The molecule has 0 amide bonds. The Morgan fingerprint density at radius 1 is 1.78 bits per heavy atom. The van der Waals surface area contributed by atoms with Crippen molar-refractivity contribution in [1.29, 1.82) is 0 Å². The largest absolute Gasteiger partial charge is 0.466 e. The monoisotopic (exact) mass is 129 g/mol. The van der Waals surface area contributed by atoms with E-state index in [2.05, 4.69) is 10.1 Å². The third kappa shape index (κ3) is 5.30. The Labute approximate surface area is 55.4 Å². The molecule has 0 aliphatic rings. The van der Waals surface area contributed by atoms with E-state index in [9.17, 15) is 4.79 Å². The summed E-state index contributed by atoms with van der Waals surface area (Å²) < 4.78 is 4.61. The molecule has 52 valence electrons. The molecule has 0 aromatic heterocycles. The lowest BCUT2D eigenvalue weighted by atomic mass is 10.4. The van der Waals surface area contributed by atoms with Crippen molar-refractivity contribution in [2.45, 2.75) is 13.3 Å². The zero-order valence-electron chi connectivity index (χ0n) is 5.52. The van der Waals surface area contributed by atoms with Crippen LogP contribution < -0.4 is 5.32 Å². The molecule has 2 radical (unpaired) electrons. The minimum atomic E-state index is -0.213. The summed E-state index contributed by atoms with van der Waals surface area (Å²) in [6.07, 6.45) is 0.338. The number of carbonyl (C=O) groups is 1. The van der Waals surface area contributed by atoms with Gasteiger partial charge in [-0.15, -0.1) is 0 Å². The van der Waals surface area contributed by atoms with Crippen molar-refractivity contribution < 1.29 is 9.53 Å². The average molecular weight is 129 g/mol. The summed E-state index contributed by atoms with van der Waals surface area (Å²) in [6, 6.07) is 0. The number of hydrogen-bond donors (Lipinski definition) is 1. The van der Waals surface area contributed by atoms with E-state index in [4.69, 9.17) is 7.05 Å². The topological polar surface area (TPSA) is 38.3 Å². The van der Waals surface area contributed by atoms with Gasteiger partial charge in [0.25, 0.3) is 0 Å². The summed E-state index contributed by atoms with van der Waals surface area (Å²) in [7, 11) is 4.92. The molecule has 0 aliphatic heterocycles. The van der Waals surface area contributed by atoms with Crippen LogP contribution in [0.3, 0.4) is 0 Å². The first-order chi connectivity index (χ1) is 4.31. The summed E-state index contributed by atoms with van der Waals surface area (Å²) in [5.41, 5.74) is 0. The third-order valence-electron chi connectivity index (χ3n) is 0.779. The van der Waals surface area contributed by atoms with Crippen LogP contribution in [0, 0.1) is 7.05 Å². The molecule has 0 saturated carbocycles. The van der Waals surface area contributed by atoms with E-state index in [0.29, 0.717) is 19.6 Å². The molecular weight excluding hydrogens is 118 g/mol. The molecule has 0 aromatic rings. The maximum atomic E-state index is 10.5. The summed E-state index contributed by atoms with van der Waals surface area (Å²) >= 11 is 0. The van der Waals surface area contributed by atoms with E-state index >= 15 is 0 Å². The highest BCUT2D eigenvalue weighted by molar-refractivity contribution is 5.69. The van der Waals surface area contributed by atoms with E-state index in [1.54, 1.807) is 6.92 Å². The molecule has 0 rings (SSSR count). The fourth-order valence-corrected chi connectivity index (χ4v) is 0.407. The minimum absolute atomic E-state index is 0.213. The van der Waals surface area contributed by atoms with Gasteiger partial charge < -0.3 is 10.1 Å². The van der Waals surface area contributed by atoms with Crippen LogP contribution in [-0.2, 0) is 9.53 Å². The second-order valence-corrected chi connectivity index (χ2v) is 1.51. The van der Waals surface area contributed by atoms with Gasteiger partial charge in [-0.2, -0.15) is 0 Å². The molecule has 3 nitrogen and oxygen atoms in total. The molecule has 1 N–H and O–H groups in total. The number of hydrogen-bond acceptors (Lipinski definition) is 3. The highest BCUT2D eigenvalue weighted by Gasteiger charge is 1.97. The quantitative estimate of drug-likeness (QED) is 0.435. The van der Waals surface area contributed by atoms with Crippen molar-refractivity contribution in [2.24, 2.45) is 0 Å². The van der Waals surface area contributed by atoms with Crippen molar-refractivity contribution in [3.05, 3.63) is 7.05 Å². The number of rotatable bonds is 4. The number of ether oxygens (including phenoxy) is 1. The Balaban J connectivity index is 3.06. The predicted octanol–water partition coefficient (Wildman–Crippen LogP) is 0.198. The lowest BCUT2D eigenvalue weighted by molar-refractivity contribution is -0.142. The summed E-state index contributed by atoms with van der Waals surface area (Å²) in [6.45, 7) is 2.68. The van der Waals surface area contributed by atoms with E-state index in [-0.39, 0.29) is 5.97 Å². The SMILES string of the molecule is [CH]NCCC(=O)OCC. The lowest BCUT2D eigenvalue weighted by Crippen LogP contribution is -2.13. The smallest absolute Gasteiger partial charge is 0.307 e. The third-order valence-corrected chi connectivity index (χ3v) is 0.779. The fourth-order valence-electron chi connectivity index (χ4n) is 0.407. The highest BCUT2D eigenvalue weighted by Crippen LogP contribution is 1.82. The van der Waals surface area contributed by atoms with Gasteiger partial charge in [0.2, 0.25) is 0 Å². The van der Waals surface area contributed by atoms with Crippen LogP contribution in [0.15, 0.2) is 0 Å². The molecule has 0 saturated heterocycles. The second kappa shape index (κ2) is 5.56. The Morgan fingerprint density at radius 2 is 2.44 bits per heavy atom. The maximum Gasteiger partial charge on any atom is 0.307 e. The molecule has 9 heavy (non-hydrogen) atoms. The molecule has 3 heteroatoms. The first-order valence-electron chi connectivity index (χ1n) is 2.90. The molecule has 0 unspecified atom stereocenters. The molecule has 0 fully saturated rings. The van der Waals surface area contributed by atoms with E-state index < -0.39 is 0 Å². The molecular formula is C6H11NO2. The van der Waals surface area contributed by atoms with Crippen LogP contribution in [0.5, 0.6) is 0 Å². The van der Waals surface area contributed by atoms with Crippen LogP contribution in [-0.4, -0.2) is 19.1 Å². The van der Waals surface area contributed by atoms with Gasteiger partial charge in [0, 0.05) is 13.6 Å². The van der Waals surface area contributed by atoms with E-state index in [1.807, 2.05) is 0 Å². The number of carbonyl (C=O) groups excluding carboxylic acids is 1. The Bertz CT molecular complexity index is 83.1. The van der Waals surface area contributed by atoms with Gasteiger partial charge in [-0.1, -0.05) is 0 Å². The van der Waals surface area contributed by atoms with Crippen LogP contribution >= 0.6 is 0 Å². The average Bonchev–Trinajstić information content (AvgIpc) is 1.85. The summed E-state index contributed by atoms with van der Waals surface area (Å²) in [4.78, 5) is 10.5. The summed E-state index contributed by atoms with van der Waals surface area (Å²) in [5, 5.41) is 2.36. The van der Waals surface area contributed by atoms with Gasteiger partial charge in [-0.3, -0.25) is 4.79 Å². The van der Waals surface area contributed by atoms with Crippen molar-refractivity contribution in [2.75, 3.05) is 13.2 Å². The van der Waals surface area contributed by atoms with Crippen LogP contribution in [0.4, 0.5) is 0 Å². The van der Waals surface area contributed by atoms with Crippen molar-refractivity contribution in [3.8, 4) is 0 Å². The molecule has 0 aromatic carbocycles. The van der Waals surface area contributed by atoms with Gasteiger partial charge in [-0.25, -0.2) is 0 Å². The standard InChI is InChI=1S/C6H11NO2/c1-3-9-6(8)4-5-7-2/h2,7H,3-5H2,1H3.